The SMILES string of the molecule is C=CC(C)NCC(=O)NC1CCCCCC1. The molecule has 0 bridgehead atoms. The number of rotatable bonds is 5. The lowest BCUT2D eigenvalue weighted by atomic mass is 10.1. The molecule has 2 N–H and O–H groups in total. The van der Waals surface area contributed by atoms with Gasteiger partial charge in [-0.15, -0.1) is 6.58 Å². The third-order valence-corrected chi connectivity index (χ3v) is 3.16. The molecule has 0 aromatic rings. The second-order valence-electron chi connectivity index (χ2n) is 4.66. The van der Waals surface area contributed by atoms with Crippen molar-refractivity contribution in [1.29, 1.82) is 0 Å². The number of amides is 1. The first-order chi connectivity index (χ1) is 7.72. The summed E-state index contributed by atoms with van der Waals surface area (Å²) in [6, 6.07) is 0.593. The standard InChI is InChI=1S/C13H24N2O/c1-3-11(2)14-10-13(16)15-12-8-6-4-5-7-9-12/h3,11-12,14H,1,4-10H2,2H3,(H,15,16). The van der Waals surface area contributed by atoms with E-state index in [1.54, 1.807) is 6.08 Å². The molecule has 1 unspecified atom stereocenters. The van der Waals surface area contributed by atoms with Gasteiger partial charge >= 0.3 is 0 Å². The highest BCUT2D eigenvalue weighted by atomic mass is 16.1. The number of hydrogen-bond donors (Lipinski definition) is 2. The maximum absolute atomic E-state index is 11.6. The highest BCUT2D eigenvalue weighted by Gasteiger charge is 2.14. The van der Waals surface area contributed by atoms with E-state index >= 15 is 0 Å². The van der Waals surface area contributed by atoms with Gasteiger partial charge in [0, 0.05) is 12.1 Å². The Morgan fingerprint density at radius 3 is 2.56 bits per heavy atom. The van der Waals surface area contributed by atoms with Gasteiger partial charge in [-0.2, -0.15) is 0 Å². The molecule has 3 nitrogen and oxygen atoms in total. The Kier molecular flexibility index (Phi) is 6.16. The molecular weight excluding hydrogens is 200 g/mol. The van der Waals surface area contributed by atoms with E-state index in [2.05, 4.69) is 17.2 Å². The Labute approximate surface area is 98.7 Å². The average Bonchev–Trinajstić information content (AvgIpc) is 2.54. The largest absolute Gasteiger partial charge is 0.352 e. The van der Waals surface area contributed by atoms with Gasteiger partial charge in [-0.1, -0.05) is 31.8 Å². The molecule has 1 rings (SSSR count). The molecule has 92 valence electrons. The van der Waals surface area contributed by atoms with Gasteiger partial charge in [-0.3, -0.25) is 4.79 Å². The van der Waals surface area contributed by atoms with Crippen molar-refractivity contribution in [3.05, 3.63) is 12.7 Å². The van der Waals surface area contributed by atoms with Gasteiger partial charge in [-0.25, -0.2) is 0 Å². The molecule has 0 heterocycles. The zero-order valence-corrected chi connectivity index (χ0v) is 10.3. The smallest absolute Gasteiger partial charge is 0.234 e. The van der Waals surface area contributed by atoms with Crippen LogP contribution in [0.2, 0.25) is 0 Å². The molecule has 0 spiro atoms. The fourth-order valence-electron chi connectivity index (χ4n) is 2.04. The van der Waals surface area contributed by atoms with Crippen LogP contribution in [0.25, 0.3) is 0 Å². The zero-order chi connectivity index (χ0) is 11.8. The molecule has 3 heteroatoms. The highest BCUT2D eigenvalue weighted by molar-refractivity contribution is 5.78. The van der Waals surface area contributed by atoms with Gasteiger partial charge < -0.3 is 10.6 Å². The molecule has 1 saturated carbocycles. The Bertz CT molecular complexity index is 220. The van der Waals surface area contributed by atoms with Gasteiger partial charge in [0.1, 0.15) is 0 Å². The van der Waals surface area contributed by atoms with E-state index in [0.717, 1.165) is 12.8 Å². The van der Waals surface area contributed by atoms with Crippen LogP contribution in [0.5, 0.6) is 0 Å². The molecule has 1 aliphatic rings. The van der Waals surface area contributed by atoms with E-state index in [1.807, 2.05) is 6.92 Å². The first-order valence-corrected chi connectivity index (χ1v) is 6.37. The monoisotopic (exact) mass is 224 g/mol. The minimum absolute atomic E-state index is 0.112. The van der Waals surface area contributed by atoms with Gasteiger partial charge in [-0.05, 0) is 19.8 Å². The summed E-state index contributed by atoms with van der Waals surface area (Å²) in [5.74, 6) is 0.112. The number of hydrogen-bond acceptors (Lipinski definition) is 2. The summed E-state index contributed by atoms with van der Waals surface area (Å²) in [5, 5.41) is 6.21. The van der Waals surface area contributed by atoms with Crippen LogP contribution in [0, 0.1) is 0 Å². The number of carbonyl (C=O) groups is 1. The lowest BCUT2D eigenvalue weighted by Crippen LogP contribution is -2.42. The Hall–Kier alpha value is -0.830. The summed E-state index contributed by atoms with van der Waals surface area (Å²) in [7, 11) is 0. The molecule has 1 fully saturated rings. The molecule has 1 aliphatic carbocycles. The quantitative estimate of drug-likeness (QED) is 0.554. The van der Waals surface area contributed by atoms with Crippen LogP contribution in [0.1, 0.15) is 45.4 Å². The lowest BCUT2D eigenvalue weighted by Gasteiger charge is -2.17. The van der Waals surface area contributed by atoms with Gasteiger partial charge in [0.05, 0.1) is 6.54 Å². The minimum atomic E-state index is 0.112. The number of nitrogens with one attached hydrogen (secondary N) is 2. The second kappa shape index (κ2) is 7.44. The Balaban J connectivity index is 2.19. The third-order valence-electron chi connectivity index (χ3n) is 3.16. The van der Waals surface area contributed by atoms with Crippen LogP contribution in [-0.4, -0.2) is 24.5 Å². The fourth-order valence-corrected chi connectivity index (χ4v) is 2.04. The van der Waals surface area contributed by atoms with Crippen molar-refractivity contribution in [3.63, 3.8) is 0 Å². The fraction of sp³-hybridized carbons (Fsp3) is 0.769. The van der Waals surface area contributed by atoms with Crippen molar-refractivity contribution in [1.82, 2.24) is 10.6 Å². The van der Waals surface area contributed by atoms with Crippen molar-refractivity contribution < 1.29 is 4.79 Å². The zero-order valence-electron chi connectivity index (χ0n) is 10.3. The van der Waals surface area contributed by atoms with Gasteiger partial charge in [0.2, 0.25) is 5.91 Å². The van der Waals surface area contributed by atoms with Crippen LogP contribution in [-0.2, 0) is 4.79 Å². The third kappa shape index (κ3) is 5.31. The van der Waals surface area contributed by atoms with E-state index in [0.29, 0.717) is 12.6 Å². The Morgan fingerprint density at radius 2 is 2.00 bits per heavy atom. The van der Waals surface area contributed by atoms with Crippen molar-refractivity contribution >= 4 is 5.91 Å². The normalized spacial score (nSPS) is 19.8. The maximum Gasteiger partial charge on any atom is 0.234 e. The van der Waals surface area contributed by atoms with E-state index in [9.17, 15) is 4.79 Å². The van der Waals surface area contributed by atoms with Crippen LogP contribution in [0.15, 0.2) is 12.7 Å². The van der Waals surface area contributed by atoms with E-state index in [-0.39, 0.29) is 11.9 Å². The Morgan fingerprint density at radius 1 is 1.38 bits per heavy atom. The molecule has 0 aromatic heterocycles. The molecule has 1 amide bonds. The van der Waals surface area contributed by atoms with E-state index in [1.165, 1.54) is 25.7 Å². The van der Waals surface area contributed by atoms with Crippen molar-refractivity contribution in [2.24, 2.45) is 0 Å². The molecule has 0 saturated heterocycles. The van der Waals surface area contributed by atoms with Crippen molar-refractivity contribution in [2.45, 2.75) is 57.5 Å². The minimum Gasteiger partial charge on any atom is -0.352 e. The van der Waals surface area contributed by atoms with Gasteiger partial charge in [0.15, 0.2) is 0 Å². The van der Waals surface area contributed by atoms with E-state index < -0.39 is 0 Å². The van der Waals surface area contributed by atoms with Crippen LogP contribution >= 0.6 is 0 Å². The second-order valence-corrected chi connectivity index (χ2v) is 4.66. The summed E-state index contributed by atoms with van der Waals surface area (Å²) in [4.78, 5) is 11.6. The molecule has 1 atom stereocenters. The highest BCUT2D eigenvalue weighted by Crippen LogP contribution is 2.16. The molecule has 16 heavy (non-hydrogen) atoms. The summed E-state index contributed by atoms with van der Waals surface area (Å²) in [6.45, 7) is 6.06. The maximum atomic E-state index is 11.6. The molecule has 0 aromatic carbocycles. The predicted molar refractivity (Wildman–Crippen MR) is 67.3 cm³/mol. The topological polar surface area (TPSA) is 41.1 Å². The summed E-state index contributed by atoms with van der Waals surface area (Å²) in [5.41, 5.74) is 0. The summed E-state index contributed by atoms with van der Waals surface area (Å²) in [6.07, 6.45) is 9.23. The van der Waals surface area contributed by atoms with Crippen LogP contribution in [0.3, 0.4) is 0 Å². The van der Waals surface area contributed by atoms with Crippen molar-refractivity contribution in [3.8, 4) is 0 Å². The average molecular weight is 224 g/mol. The van der Waals surface area contributed by atoms with Crippen LogP contribution < -0.4 is 10.6 Å². The summed E-state index contributed by atoms with van der Waals surface area (Å²) >= 11 is 0. The van der Waals surface area contributed by atoms with Crippen molar-refractivity contribution in [2.75, 3.05) is 6.54 Å². The first-order valence-electron chi connectivity index (χ1n) is 6.37. The predicted octanol–water partition coefficient (Wildman–Crippen LogP) is 1.99. The van der Waals surface area contributed by atoms with E-state index in [4.69, 9.17) is 0 Å². The van der Waals surface area contributed by atoms with Crippen LogP contribution in [0.4, 0.5) is 0 Å². The first kappa shape index (κ1) is 13.2. The lowest BCUT2D eigenvalue weighted by molar-refractivity contribution is -0.121. The molecule has 0 aliphatic heterocycles. The number of carbonyl (C=O) groups excluding carboxylic acids is 1. The molecular formula is C13H24N2O. The van der Waals surface area contributed by atoms with Gasteiger partial charge in [0.25, 0.3) is 0 Å². The summed E-state index contributed by atoms with van der Waals surface area (Å²) < 4.78 is 0. The molecule has 0 radical (unpaired) electrons.